The van der Waals surface area contributed by atoms with Gasteiger partial charge >= 0.3 is 0 Å². The zero-order valence-corrected chi connectivity index (χ0v) is 10.5. The van der Waals surface area contributed by atoms with Crippen LogP contribution in [0.3, 0.4) is 0 Å². The van der Waals surface area contributed by atoms with E-state index in [4.69, 9.17) is 0 Å². The molecule has 0 aliphatic carbocycles. The summed E-state index contributed by atoms with van der Waals surface area (Å²) in [5, 5.41) is 0. The first-order valence-corrected chi connectivity index (χ1v) is 6.57. The molecule has 1 aliphatic heterocycles. The van der Waals surface area contributed by atoms with Crippen LogP contribution in [-0.2, 0) is 9.59 Å². The second-order valence-electron chi connectivity index (χ2n) is 4.77. The molecular formula is C15H19NO2. The Morgan fingerprint density at radius 1 is 1.22 bits per heavy atom. The maximum Gasteiger partial charge on any atom is 0.222 e. The van der Waals surface area contributed by atoms with Crippen molar-refractivity contribution in [3.8, 4) is 0 Å². The van der Waals surface area contributed by atoms with Gasteiger partial charge in [-0.2, -0.15) is 0 Å². The van der Waals surface area contributed by atoms with Crippen molar-refractivity contribution in [1.82, 2.24) is 4.90 Å². The molecule has 1 heterocycles. The fraction of sp³-hybridized carbons (Fsp3) is 0.467. The van der Waals surface area contributed by atoms with Crippen LogP contribution in [0.15, 0.2) is 30.3 Å². The third-order valence-electron chi connectivity index (χ3n) is 3.59. The summed E-state index contributed by atoms with van der Waals surface area (Å²) in [4.78, 5) is 23.9. The summed E-state index contributed by atoms with van der Waals surface area (Å²) >= 11 is 0. The lowest BCUT2D eigenvalue weighted by atomic mass is 9.89. The molecule has 1 amide bonds. The summed E-state index contributed by atoms with van der Waals surface area (Å²) in [7, 11) is 0. The van der Waals surface area contributed by atoms with Crippen LogP contribution in [0.25, 0.3) is 0 Å². The number of hydrogen-bond acceptors (Lipinski definition) is 2. The molecule has 1 aliphatic rings. The molecular weight excluding hydrogens is 226 g/mol. The first kappa shape index (κ1) is 12.8. The third-order valence-corrected chi connectivity index (χ3v) is 3.59. The highest BCUT2D eigenvalue weighted by Crippen LogP contribution is 2.27. The zero-order chi connectivity index (χ0) is 12.8. The van der Waals surface area contributed by atoms with Crippen molar-refractivity contribution in [2.45, 2.75) is 31.6 Å². The molecule has 1 fully saturated rings. The van der Waals surface area contributed by atoms with Gasteiger partial charge in [-0.3, -0.25) is 4.79 Å². The van der Waals surface area contributed by atoms with E-state index >= 15 is 0 Å². The summed E-state index contributed by atoms with van der Waals surface area (Å²) in [5.74, 6) is 0.690. The molecule has 3 nitrogen and oxygen atoms in total. The number of likely N-dealkylation sites (tertiary alicyclic amines) is 1. The average Bonchev–Trinajstić information content (AvgIpc) is 2.46. The topological polar surface area (TPSA) is 37.4 Å². The Balaban J connectivity index is 1.84. The standard InChI is InChI=1S/C15H19NO2/c17-12-4-7-15(18)16-10-8-14(9-11-16)13-5-2-1-3-6-13/h1-3,5-6,12,14H,4,7-11H2. The normalized spacial score (nSPS) is 16.6. The fourth-order valence-corrected chi connectivity index (χ4v) is 2.53. The summed E-state index contributed by atoms with van der Waals surface area (Å²) in [6.45, 7) is 1.63. The molecule has 0 bridgehead atoms. The van der Waals surface area contributed by atoms with Gasteiger partial charge in [-0.15, -0.1) is 0 Å². The Labute approximate surface area is 108 Å². The highest BCUT2D eigenvalue weighted by atomic mass is 16.2. The van der Waals surface area contributed by atoms with Gasteiger partial charge in [-0.1, -0.05) is 30.3 Å². The molecule has 0 radical (unpaired) electrons. The molecule has 1 aromatic carbocycles. The molecule has 1 aromatic rings. The van der Waals surface area contributed by atoms with Gasteiger partial charge in [-0.25, -0.2) is 0 Å². The second kappa shape index (κ2) is 6.34. The summed E-state index contributed by atoms with van der Waals surface area (Å²) in [5.41, 5.74) is 1.37. The predicted octanol–water partition coefficient (Wildman–Crippen LogP) is 2.37. The van der Waals surface area contributed by atoms with E-state index in [2.05, 4.69) is 24.3 Å². The molecule has 18 heavy (non-hydrogen) atoms. The number of aldehydes is 1. The summed E-state index contributed by atoms with van der Waals surface area (Å²) < 4.78 is 0. The van der Waals surface area contributed by atoms with Gasteiger partial charge in [0, 0.05) is 25.9 Å². The smallest absolute Gasteiger partial charge is 0.222 e. The second-order valence-corrected chi connectivity index (χ2v) is 4.77. The lowest BCUT2D eigenvalue weighted by molar-refractivity contribution is -0.133. The van der Waals surface area contributed by atoms with Crippen LogP contribution < -0.4 is 0 Å². The predicted molar refractivity (Wildman–Crippen MR) is 70.3 cm³/mol. The largest absolute Gasteiger partial charge is 0.343 e. The van der Waals surface area contributed by atoms with Crippen molar-refractivity contribution in [2.24, 2.45) is 0 Å². The number of amides is 1. The van der Waals surface area contributed by atoms with Crippen LogP contribution in [-0.4, -0.2) is 30.2 Å². The van der Waals surface area contributed by atoms with Crippen molar-refractivity contribution in [2.75, 3.05) is 13.1 Å². The van der Waals surface area contributed by atoms with Crippen LogP contribution in [0.5, 0.6) is 0 Å². The van der Waals surface area contributed by atoms with Gasteiger partial charge in [0.2, 0.25) is 5.91 Å². The Hall–Kier alpha value is -1.64. The van der Waals surface area contributed by atoms with Gasteiger partial charge in [0.15, 0.2) is 0 Å². The van der Waals surface area contributed by atoms with Gasteiger partial charge in [0.1, 0.15) is 6.29 Å². The zero-order valence-electron chi connectivity index (χ0n) is 10.5. The summed E-state index contributed by atoms with van der Waals surface area (Å²) in [6, 6.07) is 10.5. The van der Waals surface area contributed by atoms with Crippen LogP contribution >= 0.6 is 0 Å². The average molecular weight is 245 g/mol. The minimum atomic E-state index is 0.119. The first-order valence-electron chi connectivity index (χ1n) is 6.57. The van der Waals surface area contributed by atoms with Crippen molar-refractivity contribution < 1.29 is 9.59 Å². The highest BCUT2D eigenvalue weighted by Gasteiger charge is 2.23. The first-order chi connectivity index (χ1) is 8.81. The fourth-order valence-electron chi connectivity index (χ4n) is 2.53. The van der Waals surface area contributed by atoms with Crippen molar-refractivity contribution in [1.29, 1.82) is 0 Å². The van der Waals surface area contributed by atoms with Crippen LogP contribution in [0.4, 0.5) is 0 Å². The van der Waals surface area contributed by atoms with Crippen molar-refractivity contribution in [3.63, 3.8) is 0 Å². The van der Waals surface area contributed by atoms with E-state index < -0.39 is 0 Å². The number of benzene rings is 1. The number of carbonyl (C=O) groups excluding carboxylic acids is 2. The lowest BCUT2D eigenvalue weighted by Crippen LogP contribution is -2.37. The van der Waals surface area contributed by atoms with Gasteiger partial charge in [0.05, 0.1) is 0 Å². The molecule has 0 saturated carbocycles. The molecule has 3 heteroatoms. The molecule has 1 saturated heterocycles. The molecule has 0 spiro atoms. The minimum absolute atomic E-state index is 0.119. The molecule has 0 unspecified atom stereocenters. The molecule has 0 atom stereocenters. The van der Waals surface area contributed by atoms with E-state index in [1.54, 1.807) is 0 Å². The van der Waals surface area contributed by atoms with Crippen LogP contribution in [0, 0.1) is 0 Å². The Morgan fingerprint density at radius 3 is 2.50 bits per heavy atom. The Kier molecular flexibility index (Phi) is 4.51. The van der Waals surface area contributed by atoms with Crippen LogP contribution in [0.2, 0.25) is 0 Å². The van der Waals surface area contributed by atoms with E-state index in [-0.39, 0.29) is 5.91 Å². The SMILES string of the molecule is O=CCCC(=O)N1CCC(c2ccccc2)CC1. The number of nitrogens with zero attached hydrogens (tertiary/aromatic N) is 1. The quantitative estimate of drug-likeness (QED) is 0.764. The van der Waals surface area contributed by atoms with E-state index in [1.807, 2.05) is 11.0 Å². The molecule has 2 rings (SSSR count). The van der Waals surface area contributed by atoms with Gasteiger partial charge in [0.25, 0.3) is 0 Å². The molecule has 0 aromatic heterocycles. The monoisotopic (exact) mass is 245 g/mol. The number of hydrogen-bond donors (Lipinski definition) is 0. The van der Waals surface area contributed by atoms with Gasteiger partial charge in [-0.05, 0) is 24.3 Å². The lowest BCUT2D eigenvalue weighted by Gasteiger charge is -2.32. The minimum Gasteiger partial charge on any atom is -0.343 e. The number of piperidine rings is 1. The molecule has 0 N–H and O–H groups in total. The van der Waals surface area contributed by atoms with Crippen molar-refractivity contribution >= 4 is 12.2 Å². The number of rotatable bonds is 4. The molecule has 96 valence electrons. The Bertz CT molecular complexity index is 394. The van der Waals surface area contributed by atoms with E-state index in [0.29, 0.717) is 18.8 Å². The van der Waals surface area contributed by atoms with E-state index in [0.717, 1.165) is 32.2 Å². The number of carbonyl (C=O) groups is 2. The van der Waals surface area contributed by atoms with E-state index in [9.17, 15) is 9.59 Å². The van der Waals surface area contributed by atoms with Crippen LogP contribution in [0.1, 0.15) is 37.2 Å². The Morgan fingerprint density at radius 2 is 1.89 bits per heavy atom. The maximum atomic E-state index is 11.8. The van der Waals surface area contributed by atoms with Crippen molar-refractivity contribution in [3.05, 3.63) is 35.9 Å². The van der Waals surface area contributed by atoms with Gasteiger partial charge < -0.3 is 9.69 Å². The van der Waals surface area contributed by atoms with E-state index in [1.165, 1.54) is 5.56 Å². The summed E-state index contributed by atoms with van der Waals surface area (Å²) in [6.07, 6.45) is 3.57. The highest BCUT2D eigenvalue weighted by molar-refractivity contribution is 5.78. The maximum absolute atomic E-state index is 11.8. The third kappa shape index (κ3) is 3.19.